The summed E-state index contributed by atoms with van der Waals surface area (Å²) < 4.78 is 32.2. The Kier molecular flexibility index (Phi) is 6.13. The van der Waals surface area contributed by atoms with Crippen molar-refractivity contribution in [1.82, 2.24) is 14.6 Å². The number of rotatable bonds is 5. The van der Waals surface area contributed by atoms with E-state index in [1.807, 2.05) is 16.2 Å². The van der Waals surface area contributed by atoms with Gasteiger partial charge in [0.25, 0.3) is 5.91 Å². The number of sulfonamides is 1. The number of amides is 1. The van der Waals surface area contributed by atoms with Crippen molar-refractivity contribution in [3.05, 3.63) is 39.3 Å². The minimum Gasteiger partial charge on any atom is -0.495 e. The van der Waals surface area contributed by atoms with E-state index in [1.165, 1.54) is 49.7 Å². The highest BCUT2D eigenvalue weighted by Crippen LogP contribution is 2.35. The summed E-state index contributed by atoms with van der Waals surface area (Å²) >= 11 is 1.81. The smallest absolute Gasteiger partial charge is 0.253 e. The van der Waals surface area contributed by atoms with Gasteiger partial charge in [-0.2, -0.15) is 0 Å². The molecule has 2 aromatic rings. The molecule has 1 aromatic carbocycles. The lowest BCUT2D eigenvalue weighted by Crippen LogP contribution is -2.39. The summed E-state index contributed by atoms with van der Waals surface area (Å²) in [5, 5.41) is 1.15. The zero-order valence-electron chi connectivity index (χ0n) is 17.3. The third-order valence-electron chi connectivity index (χ3n) is 5.89. The van der Waals surface area contributed by atoms with E-state index in [2.05, 4.69) is 4.72 Å². The van der Waals surface area contributed by atoms with Crippen LogP contribution in [0.15, 0.2) is 23.1 Å². The van der Waals surface area contributed by atoms with Crippen LogP contribution in [0.1, 0.15) is 57.5 Å². The number of likely N-dealkylation sites (tertiary alicyclic amines) is 1. The fraction of sp³-hybridized carbons (Fsp3) is 0.524. The number of hydrogen-bond acceptors (Lipinski definition) is 6. The normalized spacial score (nSPS) is 19.4. The number of benzene rings is 1. The van der Waals surface area contributed by atoms with Crippen molar-refractivity contribution in [3.63, 3.8) is 0 Å². The molecule has 1 atom stereocenters. The van der Waals surface area contributed by atoms with E-state index >= 15 is 0 Å². The molecule has 30 heavy (non-hydrogen) atoms. The molecular weight excluding hydrogens is 422 g/mol. The number of methoxy groups -OCH3 is 1. The Morgan fingerprint density at radius 1 is 1.27 bits per heavy atom. The molecule has 9 heteroatoms. The summed E-state index contributed by atoms with van der Waals surface area (Å²) in [6.45, 7) is 1.28. The molecule has 0 spiro atoms. The quantitative estimate of drug-likeness (QED) is 0.758. The van der Waals surface area contributed by atoms with Crippen LogP contribution in [-0.2, 0) is 22.9 Å². The van der Waals surface area contributed by atoms with Gasteiger partial charge in [0, 0.05) is 29.4 Å². The first kappa shape index (κ1) is 21.3. The molecule has 1 aliphatic carbocycles. The number of carbonyl (C=O) groups is 1. The fourth-order valence-corrected chi connectivity index (χ4v) is 6.42. The number of aryl methyl sites for hydroxylation is 2. The van der Waals surface area contributed by atoms with Gasteiger partial charge < -0.3 is 9.64 Å². The van der Waals surface area contributed by atoms with Crippen molar-refractivity contribution in [3.8, 4) is 5.75 Å². The van der Waals surface area contributed by atoms with Crippen LogP contribution in [-0.4, -0.2) is 51.5 Å². The van der Waals surface area contributed by atoms with Crippen molar-refractivity contribution in [1.29, 1.82) is 0 Å². The molecule has 1 N–H and O–H groups in total. The van der Waals surface area contributed by atoms with E-state index in [9.17, 15) is 13.2 Å². The van der Waals surface area contributed by atoms with Gasteiger partial charge in [-0.15, -0.1) is 11.3 Å². The summed E-state index contributed by atoms with van der Waals surface area (Å²) in [5.74, 6) is 0.305. The van der Waals surface area contributed by atoms with Crippen LogP contribution in [0.25, 0.3) is 0 Å². The van der Waals surface area contributed by atoms with Gasteiger partial charge in [-0.05, 0) is 63.8 Å². The summed E-state index contributed by atoms with van der Waals surface area (Å²) in [6, 6.07) is 4.56. The number of fused-ring (bicyclic) bond motifs is 1. The highest BCUT2D eigenvalue weighted by atomic mass is 32.2. The molecule has 7 nitrogen and oxygen atoms in total. The molecular formula is C21H27N3O4S2. The first-order valence-corrected chi connectivity index (χ1v) is 12.6. The van der Waals surface area contributed by atoms with E-state index in [0.717, 1.165) is 30.7 Å². The second-order valence-corrected chi connectivity index (χ2v) is 10.8. The third-order valence-corrected chi connectivity index (χ3v) is 8.64. The SMILES string of the molecule is CNS(=O)(=O)c1cc(C(=O)N2CCCC(c3nc4c(s3)CCCC4)C2)ccc1OC. The maximum Gasteiger partial charge on any atom is 0.253 e. The van der Waals surface area contributed by atoms with Crippen LogP contribution in [0.5, 0.6) is 5.75 Å². The Hall–Kier alpha value is -1.97. The number of thiazole rings is 1. The van der Waals surface area contributed by atoms with E-state index in [4.69, 9.17) is 9.72 Å². The molecule has 2 heterocycles. The maximum atomic E-state index is 13.2. The fourth-order valence-electron chi connectivity index (χ4n) is 4.22. The van der Waals surface area contributed by atoms with Crippen molar-refractivity contribution < 1.29 is 17.9 Å². The average Bonchev–Trinajstić information content (AvgIpc) is 3.22. The second-order valence-electron chi connectivity index (χ2n) is 7.79. The average molecular weight is 450 g/mol. The Balaban J connectivity index is 1.56. The molecule has 1 aromatic heterocycles. The number of hydrogen-bond donors (Lipinski definition) is 1. The highest BCUT2D eigenvalue weighted by Gasteiger charge is 2.30. The molecule has 1 aliphatic heterocycles. The van der Waals surface area contributed by atoms with E-state index < -0.39 is 10.0 Å². The molecule has 1 amide bonds. The number of ether oxygens (including phenoxy) is 1. The van der Waals surface area contributed by atoms with Crippen LogP contribution < -0.4 is 9.46 Å². The monoisotopic (exact) mass is 449 g/mol. The summed E-state index contributed by atoms with van der Waals surface area (Å²) in [7, 11) is -0.987. The van der Waals surface area contributed by atoms with E-state index in [-0.39, 0.29) is 22.5 Å². The van der Waals surface area contributed by atoms with Gasteiger partial charge in [0.05, 0.1) is 17.8 Å². The lowest BCUT2D eigenvalue weighted by molar-refractivity contribution is 0.0706. The van der Waals surface area contributed by atoms with Gasteiger partial charge in [0.2, 0.25) is 10.0 Å². The molecule has 0 saturated carbocycles. The number of piperidine rings is 1. The molecule has 1 fully saturated rings. The van der Waals surface area contributed by atoms with E-state index in [1.54, 1.807) is 6.07 Å². The highest BCUT2D eigenvalue weighted by molar-refractivity contribution is 7.89. The predicted octanol–water partition coefficient (Wildman–Crippen LogP) is 2.96. The van der Waals surface area contributed by atoms with Crippen LogP contribution in [0.4, 0.5) is 0 Å². The number of nitrogens with one attached hydrogen (secondary N) is 1. The Labute approximate surface area is 181 Å². The summed E-state index contributed by atoms with van der Waals surface area (Å²) in [4.78, 5) is 21.3. The van der Waals surface area contributed by atoms with Crippen LogP contribution in [0.2, 0.25) is 0 Å². The zero-order valence-corrected chi connectivity index (χ0v) is 18.9. The Morgan fingerprint density at radius 3 is 2.80 bits per heavy atom. The number of nitrogens with zero attached hydrogens (tertiary/aromatic N) is 2. The minimum atomic E-state index is -3.74. The molecule has 2 aliphatic rings. The molecule has 0 bridgehead atoms. The van der Waals surface area contributed by atoms with Gasteiger partial charge in [-0.1, -0.05) is 0 Å². The Bertz CT molecular complexity index is 1030. The van der Waals surface area contributed by atoms with Gasteiger partial charge in [-0.25, -0.2) is 18.1 Å². The predicted molar refractivity (Wildman–Crippen MR) is 116 cm³/mol. The molecule has 1 saturated heterocycles. The van der Waals surface area contributed by atoms with Crippen LogP contribution in [0, 0.1) is 0 Å². The van der Waals surface area contributed by atoms with Crippen molar-refractivity contribution in [2.45, 2.75) is 49.3 Å². The molecule has 1 unspecified atom stereocenters. The minimum absolute atomic E-state index is 0.0282. The zero-order chi connectivity index (χ0) is 21.3. The Morgan fingerprint density at radius 2 is 2.07 bits per heavy atom. The van der Waals surface area contributed by atoms with Gasteiger partial charge >= 0.3 is 0 Å². The first-order chi connectivity index (χ1) is 14.4. The van der Waals surface area contributed by atoms with Crippen LogP contribution in [0.3, 0.4) is 0 Å². The standard InChI is InChI=1S/C21H27N3O4S2/c1-22-30(26,27)19-12-14(9-10-17(19)28-2)21(25)24-11-5-6-15(13-24)20-23-16-7-3-4-8-18(16)29-20/h9-10,12,15,22H,3-8,11,13H2,1-2H3. The van der Waals surface area contributed by atoms with Gasteiger partial charge in [0.15, 0.2) is 0 Å². The number of carbonyl (C=O) groups excluding carboxylic acids is 1. The van der Waals surface area contributed by atoms with Gasteiger partial charge in [0.1, 0.15) is 10.6 Å². The first-order valence-electron chi connectivity index (χ1n) is 10.3. The lowest BCUT2D eigenvalue weighted by atomic mass is 9.97. The molecule has 162 valence electrons. The lowest BCUT2D eigenvalue weighted by Gasteiger charge is -2.32. The summed E-state index contributed by atoms with van der Waals surface area (Å²) in [6.07, 6.45) is 6.57. The van der Waals surface area contributed by atoms with Crippen molar-refractivity contribution >= 4 is 27.3 Å². The van der Waals surface area contributed by atoms with Crippen LogP contribution >= 0.6 is 11.3 Å². The molecule has 4 rings (SSSR count). The van der Waals surface area contributed by atoms with Gasteiger partial charge in [-0.3, -0.25) is 4.79 Å². The second kappa shape index (κ2) is 8.64. The van der Waals surface area contributed by atoms with Crippen molar-refractivity contribution in [2.75, 3.05) is 27.2 Å². The summed E-state index contributed by atoms with van der Waals surface area (Å²) in [5.41, 5.74) is 1.60. The van der Waals surface area contributed by atoms with E-state index in [0.29, 0.717) is 18.7 Å². The maximum absolute atomic E-state index is 13.2. The largest absolute Gasteiger partial charge is 0.495 e. The van der Waals surface area contributed by atoms with Crippen molar-refractivity contribution in [2.24, 2.45) is 0 Å². The number of aromatic nitrogens is 1. The topological polar surface area (TPSA) is 88.6 Å². The third kappa shape index (κ3) is 4.10. The molecule has 0 radical (unpaired) electrons.